The van der Waals surface area contributed by atoms with Gasteiger partial charge in [0, 0.05) is 10.8 Å². The van der Waals surface area contributed by atoms with Crippen LogP contribution in [0.3, 0.4) is 0 Å². The fourth-order valence-corrected chi connectivity index (χ4v) is 2.34. The lowest BCUT2D eigenvalue weighted by Gasteiger charge is -2.45. The van der Waals surface area contributed by atoms with Crippen molar-refractivity contribution in [3.8, 4) is 0 Å². The minimum absolute atomic E-state index is 0.886. The van der Waals surface area contributed by atoms with Gasteiger partial charge in [-0.05, 0) is 6.92 Å². The van der Waals surface area contributed by atoms with E-state index in [0.29, 0.717) is 0 Å². The van der Waals surface area contributed by atoms with Crippen LogP contribution in [-0.4, -0.2) is 51.8 Å². The molecule has 0 nitrogen and oxygen atoms in total. The lowest BCUT2D eigenvalue weighted by molar-refractivity contribution is -0.435. The van der Waals surface area contributed by atoms with Crippen LogP contribution in [0.5, 0.6) is 0 Å². The molecule has 1 atom stereocenters. The molecule has 0 aliphatic carbocycles. The molecule has 0 fully saturated rings. The van der Waals surface area contributed by atoms with Crippen molar-refractivity contribution >= 4 is 22.6 Å². The van der Waals surface area contributed by atoms with Crippen LogP contribution < -0.4 is 0 Å². The maximum atomic E-state index is 13.7. The first-order chi connectivity index (χ1) is 11.8. The van der Waals surface area contributed by atoms with Gasteiger partial charge in [-0.15, -0.1) is 0 Å². The average molecular weight is 570 g/mol. The molecule has 0 rings (SSSR count). The second-order valence-electron chi connectivity index (χ2n) is 5.52. The molecule has 0 spiro atoms. The highest BCUT2D eigenvalue weighted by Crippen LogP contribution is 2.63. The maximum absolute atomic E-state index is 13.7. The van der Waals surface area contributed by atoms with E-state index in [0.717, 1.165) is 22.6 Å². The molecule has 170 valence electrons. The van der Waals surface area contributed by atoms with Gasteiger partial charge in [-0.25, -0.2) is 4.39 Å². The van der Waals surface area contributed by atoms with Gasteiger partial charge in [0.25, 0.3) is 0 Å². The molecule has 0 N–H and O–H groups in total. The quantitative estimate of drug-likeness (QED) is 0.169. The van der Waals surface area contributed by atoms with Gasteiger partial charge < -0.3 is 0 Å². The Morgan fingerprint density at radius 1 is 0.500 bits per heavy atom. The Kier molecular flexibility index (Phi) is 6.99. The van der Waals surface area contributed by atoms with E-state index in [1.165, 1.54) is 0 Å². The largest absolute Gasteiger partial charge is 0.460 e. The van der Waals surface area contributed by atoms with Crippen molar-refractivity contribution < 1.29 is 70.2 Å². The highest BCUT2D eigenvalue weighted by atomic mass is 127. The summed E-state index contributed by atoms with van der Waals surface area (Å²) in [6, 6.07) is 0. The molecule has 0 radical (unpaired) electrons. The third-order valence-electron chi connectivity index (χ3n) is 3.59. The zero-order valence-electron chi connectivity index (χ0n) is 12.8. The average Bonchev–Trinajstić information content (AvgIpc) is 2.44. The summed E-state index contributed by atoms with van der Waals surface area (Å²) < 4.78 is 207. The lowest BCUT2D eigenvalue weighted by Crippen LogP contribution is -2.74. The summed E-state index contributed by atoms with van der Waals surface area (Å²) in [6.07, 6.45) is -9.77. The van der Waals surface area contributed by atoms with Gasteiger partial charge in [-0.3, -0.25) is 0 Å². The first-order valence-corrected chi connectivity index (χ1v) is 7.92. The molecule has 0 saturated heterocycles. The molecular weight excluding hydrogens is 563 g/mol. The van der Waals surface area contributed by atoms with E-state index in [1.54, 1.807) is 0 Å². The van der Waals surface area contributed by atoms with Crippen LogP contribution in [0.2, 0.25) is 0 Å². The fourth-order valence-electron chi connectivity index (χ4n) is 1.67. The SMILES string of the molecule is CC(F)(C(F)(F)C(F)(F)C(F)(F)F)C(F)(F)C(F)(F)C(F)(F)C(F)(F)CCI. The maximum Gasteiger partial charge on any atom is 0.460 e. The Balaban J connectivity index is 6.63. The number of rotatable bonds is 8. The van der Waals surface area contributed by atoms with Crippen LogP contribution >= 0.6 is 22.6 Å². The zero-order chi connectivity index (χ0) is 23.4. The van der Waals surface area contributed by atoms with Crippen LogP contribution in [0.25, 0.3) is 0 Å². The molecule has 0 aromatic rings. The molecule has 0 bridgehead atoms. The van der Waals surface area contributed by atoms with Gasteiger partial charge >= 0.3 is 41.7 Å². The standard InChI is InChI=1S/C11H7F16I/c1-4(12,7(17,18)10(23,24)11(25,26)27)6(15,16)9(21,22)8(19,20)5(13,14)2-3-28/h2-3H2,1H3. The first kappa shape index (κ1) is 27.6. The highest BCUT2D eigenvalue weighted by molar-refractivity contribution is 14.1. The van der Waals surface area contributed by atoms with Crippen molar-refractivity contribution in [2.75, 3.05) is 4.43 Å². The van der Waals surface area contributed by atoms with E-state index >= 15 is 0 Å². The summed E-state index contributed by atoms with van der Waals surface area (Å²) in [6.45, 7) is -1.66. The second-order valence-corrected chi connectivity index (χ2v) is 6.59. The van der Waals surface area contributed by atoms with E-state index in [2.05, 4.69) is 0 Å². The predicted molar refractivity (Wildman–Crippen MR) is 68.8 cm³/mol. The number of alkyl halides is 17. The first-order valence-electron chi connectivity index (χ1n) is 6.39. The third-order valence-corrected chi connectivity index (χ3v) is 4.13. The van der Waals surface area contributed by atoms with Gasteiger partial charge in [0.15, 0.2) is 0 Å². The van der Waals surface area contributed by atoms with E-state index in [-0.39, 0.29) is 0 Å². The summed E-state index contributed by atoms with van der Waals surface area (Å²) in [5.74, 6) is -44.6. The van der Waals surface area contributed by atoms with Gasteiger partial charge in [0.1, 0.15) is 0 Å². The van der Waals surface area contributed by atoms with Crippen molar-refractivity contribution in [2.24, 2.45) is 0 Å². The molecule has 17 heteroatoms. The van der Waals surface area contributed by atoms with Crippen LogP contribution in [0, 0.1) is 0 Å². The summed E-state index contributed by atoms with van der Waals surface area (Å²) in [5, 5.41) is 0. The molecule has 1 unspecified atom stereocenters. The molecule has 0 aromatic carbocycles. The minimum atomic E-state index is -7.82. The molecular formula is C11H7F16I. The lowest BCUT2D eigenvalue weighted by atomic mass is 9.81. The molecule has 0 heterocycles. The third kappa shape index (κ3) is 3.50. The number of hydrogen-bond acceptors (Lipinski definition) is 0. The van der Waals surface area contributed by atoms with Crippen molar-refractivity contribution in [3.63, 3.8) is 0 Å². The predicted octanol–water partition coefficient (Wildman–Crippen LogP) is 6.91. The highest BCUT2D eigenvalue weighted by Gasteiger charge is 2.92. The summed E-state index contributed by atoms with van der Waals surface area (Å²) >= 11 is 0.886. The molecule has 0 aliphatic rings. The van der Waals surface area contributed by atoms with Crippen molar-refractivity contribution in [2.45, 2.75) is 60.7 Å². The van der Waals surface area contributed by atoms with E-state index < -0.39 is 65.2 Å². The van der Waals surface area contributed by atoms with Crippen molar-refractivity contribution in [1.29, 1.82) is 0 Å². The monoisotopic (exact) mass is 570 g/mol. The molecule has 28 heavy (non-hydrogen) atoms. The summed E-state index contributed by atoms with van der Waals surface area (Å²) in [5.41, 5.74) is -7.06. The number of halogens is 17. The molecule has 0 saturated carbocycles. The normalized spacial score (nSPS) is 18.2. The zero-order valence-corrected chi connectivity index (χ0v) is 15.0. The Morgan fingerprint density at radius 2 is 0.821 bits per heavy atom. The van der Waals surface area contributed by atoms with Crippen molar-refractivity contribution in [1.82, 2.24) is 0 Å². The molecule has 0 aliphatic heterocycles. The topological polar surface area (TPSA) is 0 Å². The summed E-state index contributed by atoms with van der Waals surface area (Å²) in [7, 11) is 0. The number of hydrogen-bond donors (Lipinski definition) is 0. The van der Waals surface area contributed by atoms with Crippen molar-refractivity contribution in [3.05, 3.63) is 0 Å². The van der Waals surface area contributed by atoms with Gasteiger partial charge in [-0.2, -0.15) is 65.9 Å². The van der Waals surface area contributed by atoms with Crippen LogP contribution in [0.4, 0.5) is 70.2 Å². The Labute approximate surface area is 158 Å². The van der Waals surface area contributed by atoms with Gasteiger partial charge in [0.05, 0.1) is 0 Å². The van der Waals surface area contributed by atoms with Crippen LogP contribution in [0.15, 0.2) is 0 Å². The van der Waals surface area contributed by atoms with Crippen LogP contribution in [0.1, 0.15) is 13.3 Å². The smallest absolute Gasteiger partial charge is 0.230 e. The van der Waals surface area contributed by atoms with Crippen LogP contribution in [-0.2, 0) is 0 Å². The molecule has 0 aromatic heterocycles. The Hall–Kier alpha value is -0.390. The summed E-state index contributed by atoms with van der Waals surface area (Å²) in [4.78, 5) is 0. The van der Waals surface area contributed by atoms with E-state index in [9.17, 15) is 70.2 Å². The van der Waals surface area contributed by atoms with Gasteiger partial charge in [-0.1, -0.05) is 22.6 Å². The Bertz CT molecular complexity index is 559. The molecule has 0 amide bonds. The van der Waals surface area contributed by atoms with Gasteiger partial charge in [0.2, 0.25) is 5.67 Å². The van der Waals surface area contributed by atoms with E-state index in [1.807, 2.05) is 0 Å². The minimum Gasteiger partial charge on any atom is -0.230 e. The van der Waals surface area contributed by atoms with E-state index in [4.69, 9.17) is 0 Å². The Morgan fingerprint density at radius 3 is 1.11 bits per heavy atom. The fraction of sp³-hybridized carbons (Fsp3) is 1.00. The second kappa shape index (κ2) is 7.09.